The predicted molar refractivity (Wildman–Crippen MR) is 51.0 cm³/mol. The fraction of sp³-hybridized carbons (Fsp3) is 0.100. The van der Waals surface area contributed by atoms with E-state index in [1.165, 1.54) is 0 Å². The van der Waals surface area contributed by atoms with Gasteiger partial charge in [-0.05, 0) is 6.07 Å². The van der Waals surface area contributed by atoms with Crippen LogP contribution in [0.5, 0.6) is 11.5 Å². The van der Waals surface area contributed by atoms with Crippen molar-refractivity contribution >= 4 is 0 Å². The van der Waals surface area contributed by atoms with Gasteiger partial charge in [0.05, 0.1) is 12.4 Å². The van der Waals surface area contributed by atoms with Crippen LogP contribution < -0.4 is 4.74 Å². The van der Waals surface area contributed by atoms with E-state index in [9.17, 15) is 5.11 Å². The Bertz CT molecular complexity index is 398. The molecular weight excluding hydrogens is 180 g/mol. The third-order valence-electron chi connectivity index (χ3n) is 1.86. The Labute approximate surface area is 81.2 Å². The summed E-state index contributed by atoms with van der Waals surface area (Å²) in [5.41, 5.74) is 0.758. The maximum absolute atomic E-state index is 9.44. The number of para-hydroxylation sites is 1. The first-order valence-corrected chi connectivity index (χ1v) is 4.25. The normalized spacial score (nSPS) is 10.0. The number of hydrogen-bond donors (Lipinski definition) is 2. The quantitative estimate of drug-likeness (QED) is 0.774. The van der Waals surface area contributed by atoms with E-state index in [1.807, 2.05) is 12.1 Å². The van der Waals surface area contributed by atoms with Crippen LogP contribution in [0.15, 0.2) is 36.7 Å². The number of phenols is 1. The van der Waals surface area contributed by atoms with Gasteiger partial charge < -0.3 is 9.84 Å². The number of aromatic hydroxyl groups is 1. The fourth-order valence-corrected chi connectivity index (χ4v) is 1.11. The van der Waals surface area contributed by atoms with Crippen LogP contribution in [0.4, 0.5) is 0 Å². The number of hydrogen-bond acceptors (Lipinski definition) is 3. The van der Waals surface area contributed by atoms with Crippen LogP contribution in [0.2, 0.25) is 0 Å². The minimum atomic E-state index is 0.246. The summed E-state index contributed by atoms with van der Waals surface area (Å²) in [7, 11) is 0. The van der Waals surface area contributed by atoms with Gasteiger partial charge in [-0.15, -0.1) is 0 Å². The third kappa shape index (κ3) is 1.85. The summed E-state index contributed by atoms with van der Waals surface area (Å²) >= 11 is 0. The van der Waals surface area contributed by atoms with Gasteiger partial charge in [0.1, 0.15) is 12.4 Å². The molecule has 0 saturated carbocycles. The van der Waals surface area contributed by atoms with Crippen LogP contribution in [0.1, 0.15) is 5.56 Å². The SMILES string of the molecule is Oc1ccccc1COc1cn[nH]c1. The Morgan fingerprint density at radius 2 is 2.21 bits per heavy atom. The highest BCUT2D eigenvalue weighted by Crippen LogP contribution is 2.17. The minimum Gasteiger partial charge on any atom is -0.508 e. The van der Waals surface area contributed by atoms with Crippen molar-refractivity contribution in [2.24, 2.45) is 0 Å². The van der Waals surface area contributed by atoms with Crippen molar-refractivity contribution in [2.45, 2.75) is 6.61 Å². The lowest BCUT2D eigenvalue weighted by molar-refractivity contribution is 0.299. The second-order valence-electron chi connectivity index (χ2n) is 2.85. The molecule has 2 N–H and O–H groups in total. The lowest BCUT2D eigenvalue weighted by Gasteiger charge is -2.04. The number of H-pyrrole nitrogens is 1. The molecule has 1 heterocycles. The maximum Gasteiger partial charge on any atom is 0.157 e. The van der Waals surface area contributed by atoms with Crippen molar-refractivity contribution in [3.63, 3.8) is 0 Å². The topological polar surface area (TPSA) is 58.1 Å². The molecule has 14 heavy (non-hydrogen) atoms. The number of rotatable bonds is 3. The maximum atomic E-state index is 9.44. The summed E-state index contributed by atoms with van der Waals surface area (Å²) < 4.78 is 5.36. The molecule has 1 aromatic heterocycles. The lowest BCUT2D eigenvalue weighted by Crippen LogP contribution is -1.94. The summed E-state index contributed by atoms with van der Waals surface area (Å²) in [6.45, 7) is 0.339. The van der Waals surface area contributed by atoms with E-state index in [2.05, 4.69) is 10.2 Å². The van der Waals surface area contributed by atoms with Gasteiger partial charge in [0.25, 0.3) is 0 Å². The predicted octanol–water partition coefficient (Wildman–Crippen LogP) is 1.69. The Hall–Kier alpha value is -1.97. The first-order chi connectivity index (χ1) is 6.86. The highest BCUT2D eigenvalue weighted by Gasteiger charge is 2.00. The zero-order valence-corrected chi connectivity index (χ0v) is 7.47. The molecule has 2 aromatic rings. The number of phenolic OH excluding ortho intramolecular Hbond substituents is 1. The summed E-state index contributed by atoms with van der Waals surface area (Å²) in [5, 5.41) is 15.8. The fourth-order valence-electron chi connectivity index (χ4n) is 1.11. The number of ether oxygens (including phenoxy) is 1. The number of benzene rings is 1. The molecule has 0 fully saturated rings. The third-order valence-corrected chi connectivity index (χ3v) is 1.86. The van der Waals surface area contributed by atoms with Crippen LogP contribution in [0, 0.1) is 0 Å². The van der Waals surface area contributed by atoms with Crippen LogP contribution in [0.25, 0.3) is 0 Å². The Morgan fingerprint density at radius 3 is 2.93 bits per heavy atom. The van der Waals surface area contributed by atoms with Gasteiger partial charge in [0, 0.05) is 5.56 Å². The molecule has 4 nitrogen and oxygen atoms in total. The molecule has 0 aliphatic carbocycles. The summed E-state index contributed by atoms with van der Waals surface area (Å²) in [4.78, 5) is 0. The Morgan fingerprint density at radius 1 is 1.36 bits per heavy atom. The van der Waals surface area contributed by atoms with Gasteiger partial charge in [-0.2, -0.15) is 5.10 Å². The molecule has 0 aliphatic rings. The molecule has 0 aliphatic heterocycles. The molecule has 0 unspecified atom stereocenters. The van der Waals surface area contributed by atoms with Crippen LogP contribution in [-0.2, 0) is 6.61 Å². The monoisotopic (exact) mass is 190 g/mol. The molecule has 72 valence electrons. The molecule has 4 heteroatoms. The Balaban J connectivity index is 2.02. The number of aromatic amines is 1. The highest BCUT2D eigenvalue weighted by molar-refractivity contribution is 5.31. The van der Waals surface area contributed by atoms with Gasteiger partial charge in [0.2, 0.25) is 0 Å². The smallest absolute Gasteiger partial charge is 0.157 e. The van der Waals surface area contributed by atoms with Crippen LogP contribution in [-0.4, -0.2) is 15.3 Å². The number of aromatic nitrogens is 2. The van der Waals surface area contributed by atoms with Gasteiger partial charge in [-0.3, -0.25) is 5.10 Å². The van der Waals surface area contributed by atoms with Crippen molar-refractivity contribution in [3.05, 3.63) is 42.2 Å². The van der Waals surface area contributed by atoms with E-state index in [0.29, 0.717) is 12.4 Å². The lowest BCUT2D eigenvalue weighted by atomic mass is 10.2. The zero-order valence-electron chi connectivity index (χ0n) is 7.47. The highest BCUT2D eigenvalue weighted by atomic mass is 16.5. The average Bonchev–Trinajstić information content (AvgIpc) is 2.69. The van der Waals surface area contributed by atoms with Crippen LogP contribution >= 0.6 is 0 Å². The zero-order chi connectivity index (χ0) is 9.80. The first-order valence-electron chi connectivity index (χ1n) is 4.25. The van der Waals surface area contributed by atoms with Crippen molar-refractivity contribution in [3.8, 4) is 11.5 Å². The number of nitrogens with zero attached hydrogens (tertiary/aromatic N) is 1. The van der Waals surface area contributed by atoms with Gasteiger partial charge in [-0.1, -0.05) is 18.2 Å². The van der Waals surface area contributed by atoms with E-state index >= 15 is 0 Å². The minimum absolute atomic E-state index is 0.246. The number of nitrogens with one attached hydrogen (secondary N) is 1. The van der Waals surface area contributed by atoms with E-state index in [-0.39, 0.29) is 5.75 Å². The largest absolute Gasteiger partial charge is 0.508 e. The summed E-state index contributed by atoms with van der Waals surface area (Å²) in [5.74, 6) is 0.907. The van der Waals surface area contributed by atoms with Gasteiger partial charge in [0.15, 0.2) is 5.75 Å². The average molecular weight is 190 g/mol. The van der Waals surface area contributed by atoms with Gasteiger partial charge in [-0.25, -0.2) is 0 Å². The van der Waals surface area contributed by atoms with Crippen molar-refractivity contribution in [1.82, 2.24) is 10.2 Å². The molecule has 1 aromatic carbocycles. The molecule has 0 spiro atoms. The standard InChI is InChI=1S/C10H10N2O2/c13-10-4-2-1-3-8(10)7-14-9-5-11-12-6-9/h1-6,13H,7H2,(H,11,12). The Kier molecular flexibility index (Phi) is 2.36. The van der Waals surface area contributed by atoms with E-state index in [0.717, 1.165) is 5.56 Å². The molecular formula is C10H10N2O2. The molecule has 0 atom stereocenters. The van der Waals surface area contributed by atoms with Crippen LogP contribution in [0.3, 0.4) is 0 Å². The second-order valence-corrected chi connectivity index (χ2v) is 2.85. The first kappa shape index (κ1) is 8.62. The van der Waals surface area contributed by atoms with E-state index in [4.69, 9.17) is 4.74 Å². The van der Waals surface area contributed by atoms with E-state index < -0.39 is 0 Å². The molecule has 0 bridgehead atoms. The summed E-state index contributed by atoms with van der Waals surface area (Å²) in [6, 6.07) is 7.08. The molecule has 0 saturated heterocycles. The van der Waals surface area contributed by atoms with E-state index in [1.54, 1.807) is 24.5 Å². The molecule has 2 rings (SSSR count). The van der Waals surface area contributed by atoms with Crippen molar-refractivity contribution < 1.29 is 9.84 Å². The second kappa shape index (κ2) is 3.83. The molecule has 0 radical (unpaired) electrons. The van der Waals surface area contributed by atoms with Crippen molar-refractivity contribution in [1.29, 1.82) is 0 Å². The van der Waals surface area contributed by atoms with Gasteiger partial charge >= 0.3 is 0 Å². The summed E-state index contributed by atoms with van der Waals surface area (Å²) in [6.07, 6.45) is 3.24. The molecule has 0 amide bonds. The van der Waals surface area contributed by atoms with Crippen molar-refractivity contribution in [2.75, 3.05) is 0 Å².